The van der Waals surface area contributed by atoms with Crippen LogP contribution in [0.5, 0.6) is 0 Å². The van der Waals surface area contributed by atoms with E-state index in [1.807, 2.05) is 6.92 Å². The van der Waals surface area contributed by atoms with Gasteiger partial charge in [-0.25, -0.2) is 28.1 Å². The predicted octanol–water partition coefficient (Wildman–Crippen LogP) is 0.0116. The Bertz CT molecular complexity index is 508. The van der Waals surface area contributed by atoms with E-state index in [1.165, 1.54) is 0 Å². The first-order valence-corrected chi connectivity index (χ1v) is 6.02. The summed E-state index contributed by atoms with van der Waals surface area (Å²) in [5.41, 5.74) is -1.51. The summed E-state index contributed by atoms with van der Waals surface area (Å²) < 4.78 is 3.35. The zero-order valence-corrected chi connectivity index (χ0v) is 10.6. The van der Waals surface area contributed by atoms with E-state index in [-0.39, 0.29) is 13.1 Å². The number of hydrogen-bond acceptors (Lipinski definition) is 3. The van der Waals surface area contributed by atoms with Gasteiger partial charge in [0.2, 0.25) is 0 Å². The smallest absolute Gasteiger partial charge is 0.247 e. The Labute approximate surface area is 99.1 Å². The third-order valence-corrected chi connectivity index (χ3v) is 2.75. The first-order chi connectivity index (χ1) is 8.08. The van der Waals surface area contributed by atoms with Gasteiger partial charge < -0.3 is 0 Å². The molecule has 0 aliphatic rings. The summed E-state index contributed by atoms with van der Waals surface area (Å²) >= 11 is 0. The largest absolute Gasteiger partial charge is 0.336 e. The molecule has 0 bridgehead atoms. The number of rotatable bonds is 5. The van der Waals surface area contributed by atoms with Crippen LogP contribution in [0.3, 0.4) is 0 Å². The monoisotopic (exact) mass is 241 g/mol. The summed E-state index contributed by atoms with van der Waals surface area (Å²) in [4.78, 5) is 35.7. The summed E-state index contributed by atoms with van der Waals surface area (Å²) in [6, 6.07) is 0. The van der Waals surface area contributed by atoms with E-state index in [2.05, 4.69) is 0 Å². The second kappa shape index (κ2) is 5.65. The minimum Gasteiger partial charge on any atom is -0.247 e. The number of aromatic nitrogens is 3. The molecule has 0 aliphatic carbocycles. The van der Waals surface area contributed by atoms with Crippen molar-refractivity contribution in [2.24, 2.45) is 0 Å². The van der Waals surface area contributed by atoms with Gasteiger partial charge in [-0.1, -0.05) is 13.3 Å². The summed E-state index contributed by atoms with van der Waals surface area (Å²) in [5.74, 6) is 0. The van der Waals surface area contributed by atoms with Gasteiger partial charge in [-0.15, -0.1) is 0 Å². The van der Waals surface area contributed by atoms with Crippen molar-refractivity contribution >= 4 is 0 Å². The van der Waals surface area contributed by atoms with E-state index < -0.39 is 17.1 Å². The molecule has 0 fully saturated rings. The molecule has 0 aromatic carbocycles. The van der Waals surface area contributed by atoms with Crippen LogP contribution < -0.4 is 17.1 Å². The molecule has 0 amide bonds. The van der Waals surface area contributed by atoms with Gasteiger partial charge in [0, 0.05) is 19.6 Å². The Kier molecular flexibility index (Phi) is 4.48. The number of unbranched alkanes of at least 4 members (excludes halogenated alkanes) is 1. The highest BCUT2D eigenvalue weighted by molar-refractivity contribution is 4.78. The van der Waals surface area contributed by atoms with Crippen molar-refractivity contribution in [3.05, 3.63) is 31.5 Å². The Morgan fingerprint density at radius 1 is 0.765 bits per heavy atom. The van der Waals surface area contributed by atoms with Crippen LogP contribution in [0.15, 0.2) is 14.4 Å². The van der Waals surface area contributed by atoms with Gasteiger partial charge in [-0.2, -0.15) is 0 Å². The summed E-state index contributed by atoms with van der Waals surface area (Å²) in [5, 5.41) is 0. The normalized spacial score (nSPS) is 10.8. The molecule has 1 aromatic heterocycles. The first-order valence-electron chi connectivity index (χ1n) is 6.02. The van der Waals surface area contributed by atoms with Crippen molar-refractivity contribution in [2.45, 2.75) is 53.2 Å². The van der Waals surface area contributed by atoms with E-state index in [4.69, 9.17) is 0 Å². The molecule has 0 atom stereocenters. The molecule has 1 heterocycles. The lowest BCUT2D eigenvalue weighted by molar-refractivity contribution is 0.452. The van der Waals surface area contributed by atoms with Crippen molar-refractivity contribution < 1.29 is 0 Å². The fraction of sp³-hybridized carbons (Fsp3) is 0.727. The lowest BCUT2D eigenvalue weighted by Gasteiger charge is -2.11. The van der Waals surface area contributed by atoms with E-state index in [0.717, 1.165) is 26.5 Å². The van der Waals surface area contributed by atoms with Crippen LogP contribution in [0.2, 0.25) is 0 Å². The van der Waals surface area contributed by atoms with Crippen molar-refractivity contribution in [3.8, 4) is 0 Å². The van der Waals surface area contributed by atoms with E-state index in [9.17, 15) is 14.4 Å². The van der Waals surface area contributed by atoms with Crippen molar-refractivity contribution in [1.29, 1.82) is 0 Å². The molecule has 1 rings (SSSR count). The molecule has 6 nitrogen and oxygen atoms in total. The van der Waals surface area contributed by atoms with Gasteiger partial charge in [0.15, 0.2) is 0 Å². The van der Waals surface area contributed by atoms with Gasteiger partial charge in [-0.3, -0.25) is 0 Å². The third kappa shape index (κ3) is 2.40. The molecule has 0 spiro atoms. The van der Waals surface area contributed by atoms with Crippen LogP contribution >= 0.6 is 0 Å². The van der Waals surface area contributed by atoms with E-state index >= 15 is 0 Å². The average Bonchev–Trinajstić information content (AvgIpc) is 2.30. The molecule has 96 valence electrons. The number of hydrogen-bond donors (Lipinski definition) is 0. The quantitative estimate of drug-likeness (QED) is 0.729. The molecule has 0 N–H and O–H groups in total. The van der Waals surface area contributed by atoms with E-state index in [0.29, 0.717) is 6.54 Å². The van der Waals surface area contributed by atoms with Gasteiger partial charge >= 0.3 is 17.1 Å². The highest BCUT2D eigenvalue weighted by Crippen LogP contribution is 1.87. The Morgan fingerprint density at radius 2 is 1.18 bits per heavy atom. The second-order valence-electron chi connectivity index (χ2n) is 3.84. The standard InChI is InChI=1S/C11H19N3O3/c1-4-7-8-14-10(16)12(5-2)9(15)13(6-3)11(14)17/h4-8H2,1-3H3. The SMILES string of the molecule is CCCCn1c(=O)n(CC)c(=O)n(CC)c1=O. The van der Waals surface area contributed by atoms with Gasteiger partial charge in [0.25, 0.3) is 0 Å². The molecule has 0 saturated carbocycles. The highest BCUT2D eigenvalue weighted by atomic mass is 16.2. The second-order valence-corrected chi connectivity index (χ2v) is 3.84. The maximum absolute atomic E-state index is 11.9. The molecule has 0 unspecified atom stereocenters. The van der Waals surface area contributed by atoms with E-state index in [1.54, 1.807) is 13.8 Å². The molecule has 1 aromatic rings. The van der Waals surface area contributed by atoms with Crippen LogP contribution in [0, 0.1) is 0 Å². The van der Waals surface area contributed by atoms with Crippen LogP contribution in [-0.4, -0.2) is 13.7 Å². The fourth-order valence-corrected chi connectivity index (χ4v) is 1.73. The molecular formula is C11H19N3O3. The third-order valence-electron chi connectivity index (χ3n) is 2.75. The van der Waals surface area contributed by atoms with Crippen molar-refractivity contribution in [2.75, 3.05) is 0 Å². The van der Waals surface area contributed by atoms with Crippen LogP contribution in [0.4, 0.5) is 0 Å². The van der Waals surface area contributed by atoms with Crippen LogP contribution in [0.1, 0.15) is 33.6 Å². The topological polar surface area (TPSA) is 66.0 Å². The molecular weight excluding hydrogens is 222 g/mol. The zero-order valence-electron chi connectivity index (χ0n) is 10.6. The fourth-order valence-electron chi connectivity index (χ4n) is 1.73. The minimum atomic E-state index is -0.516. The summed E-state index contributed by atoms with van der Waals surface area (Å²) in [7, 11) is 0. The molecule has 17 heavy (non-hydrogen) atoms. The minimum absolute atomic E-state index is 0.282. The maximum atomic E-state index is 11.9. The molecule has 0 saturated heterocycles. The lowest BCUT2D eigenvalue weighted by Crippen LogP contribution is -2.54. The molecule has 6 heteroatoms. The first kappa shape index (κ1) is 13.5. The van der Waals surface area contributed by atoms with Crippen molar-refractivity contribution in [3.63, 3.8) is 0 Å². The summed E-state index contributed by atoms with van der Waals surface area (Å²) in [6.07, 6.45) is 1.64. The Morgan fingerprint density at radius 3 is 1.53 bits per heavy atom. The van der Waals surface area contributed by atoms with Crippen LogP contribution in [0.25, 0.3) is 0 Å². The van der Waals surface area contributed by atoms with Crippen molar-refractivity contribution in [1.82, 2.24) is 13.7 Å². The van der Waals surface area contributed by atoms with Gasteiger partial charge in [-0.05, 0) is 20.3 Å². The van der Waals surface area contributed by atoms with Crippen LogP contribution in [-0.2, 0) is 19.6 Å². The highest BCUT2D eigenvalue weighted by Gasteiger charge is 2.12. The van der Waals surface area contributed by atoms with Gasteiger partial charge in [0.05, 0.1) is 0 Å². The predicted molar refractivity (Wildman–Crippen MR) is 65.5 cm³/mol. The average molecular weight is 241 g/mol. The lowest BCUT2D eigenvalue weighted by atomic mass is 10.3. The maximum Gasteiger partial charge on any atom is 0.336 e. The number of nitrogens with zero attached hydrogens (tertiary/aromatic N) is 3. The van der Waals surface area contributed by atoms with Gasteiger partial charge in [0.1, 0.15) is 0 Å². The Balaban J connectivity index is 3.55. The zero-order chi connectivity index (χ0) is 13.0. The Hall–Kier alpha value is -1.59. The summed E-state index contributed by atoms with van der Waals surface area (Å²) in [6.45, 7) is 6.36. The molecule has 0 aliphatic heterocycles. The molecule has 0 radical (unpaired) electrons.